The maximum atomic E-state index is 8.60. The third-order valence-corrected chi connectivity index (χ3v) is 3.71. The first-order valence-electron chi connectivity index (χ1n) is 7.15. The summed E-state index contributed by atoms with van der Waals surface area (Å²) in [6.45, 7) is 4.61. The van der Waals surface area contributed by atoms with Gasteiger partial charge in [0.2, 0.25) is 0 Å². The number of oxime groups is 1. The summed E-state index contributed by atoms with van der Waals surface area (Å²) in [4.78, 5) is 2.40. The van der Waals surface area contributed by atoms with E-state index in [0.29, 0.717) is 18.1 Å². The Labute approximate surface area is 125 Å². The highest BCUT2D eigenvalue weighted by Gasteiger charge is 2.21. The molecule has 6 heteroatoms. The van der Waals surface area contributed by atoms with E-state index in [-0.39, 0.29) is 5.84 Å². The van der Waals surface area contributed by atoms with Gasteiger partial charge in [0.15, 0.2) is 5.84 Å². The molecule has 3 N–H and O–H groups in total. The highest BCUT2D eigenvalue weighted by molar-refractivity contribution is 5.97. The number of likely N-dealkylation sites (tertiary alicyclic amines) is 1. The van der Waals surface area contributed by atoms with E-state index in [0.717, 1.165) is 32.0 Å². The molecule has 1 saturated heterocycles. The molecule has 0 aliphatic carbocycles. The summed E-state index contributed by atoms with van der Waals surface area (Å²) in [5.74, 6) is 1.54. The van der Waals surface area contributed by atoms with E-state index < -0.39 is 0 Å². The van der Waals surface area contributed by atoms with Crippen LogP contribution in [0.15, 0.2) is 29.4 Å². The van der Waals surface area contributed by atoms with Gasteiger partial charge in [-0.1, -0.05) is 5.16 Å². The fourth-order valence-electron chi connectivity index (χ4n) is 2.56. The second-order valence-corrected chi connectivity index (χ2v) is 5.27. The number of hydrogen-bond donors (Lipinski definition) is 2. The summed E-state index contributed by atoms with van der Waals surface area (Å²) in [7, 11) is 1.75. The predicted molar refractivity (Wildman–Crippen MR) is 80.9 cm³/mol. The number of rotatable bonds is 7. The van der Waals surface area contributed by atoms with Gasteiger partial charge in [-0.3, -0.25) is 4.90 Å². The van der Waals surface area contributed by atoms with Gasteiger partial charge in [-0.2, -0.15) is 0 Å². The molecule has 6 nitrogen and oxygen atoms in total. The van der Waals surface area contributed by atoms with Crippen LogP contribution >= 0.6 is 0 Å². The molecular formula is C15H23N3O3. The summed E-state index contributed by atoms with van der Waals surface area (Å²) in [6.07, 6.45) is 1.20. The van der Waals surface area contributed by atoms with Crippen LogP contribution in [0.5, 0.6) is 5.75 Å². The molecule has 0 bridgehead atoms. The SMILES string of the molecule is COCC1CCN(CCOc2ccc(C(N)=NO)cc2)C1. The van der Waals surface area contributed by atoms with E-state index in [1.54, 1.807) is 19.2 Å². The first-order valence-corrected chi connectivity index (χ1v) is 7.15. The Bertz CT molecular complexity index is 462. The zero-order valence-electron chi connectivity index (χ0n) is 12.4. The van der Waals surface area contributed by atoms with E-state index in [1.165, 1.54) is 6.42 Å². The highest BCUT2D eigenvalue weighted by atomic mass is 16.5. The van der Waals surface area contributed by atoms with E-state index in [9.17, 15) is 0 Å². The van der Waals surface area contributed by atoms with Gasteiger partial charge >= 0.3 is 0 Å². The fourth-order valence-corrected chi connectivity index (χ4v) is 2.56. The molecule has 0 saturated carbocycles. The summed E-state index contributed by atoms with van der Waals surface area (Å²) in [5.41, 5.74) is 6.18. The maximum Gasteiger partial charge on any atom is 0.170 e. The zero-order valence-corrected chi connectivity index (χ0v) is 12.4. The normalized spacial score (nSPS) is 19.9. The number of nitrogens with two attached hydrogens (primary N) is 1. The van der Waals surface area contributed by atoms with Crippen LogP contribution < -0.4 is 10.5 Å². The summed E-state index contributed by atoms with van der Waals surface area (Å²) < 4.78 is 10.9. The van der Waals surface area contributed by atoms with Crippen LogP contribution in [0.4, 0.5) is 0 Å². The lowest BCUT2D eigenvalue weighted by Crippen LogP contribution is -2.26. The molecule has 2 rings (SSSR count). The average molecular weight is 293 g/mol. The monoisotopic (exact) mass is 293 g/mol. The molecule has 0 radical (unpaired) electrons. The molecule has 1 aliphatic rings. The van der Waals surface area contributed by atoms with E-state index >= 15 is 0 Å². The Morgan fingerprint density at radius 3 is 2.86 bits per heavy atom. The molecule has 1 fully saturated rings. The summed E-state index contributed by atoms with van der Waals surface area (Å²) in [5, 5.41) is 11.6. The van der Waals surface area contributed by atoms with Crippen LogP contribution in [0.3, 0.4) is 0 Å². The molecule has 0 aromatic heterocycles. The minimum atomic E-state index is 0.0998. The van der Waals surface area contributed by atoms with Gasteiger partial charge in [0.25, 0.3) is 0 Å². The fraction of sp³-hybridized carbons (Fsp3) is 0.533. The summed E-state index contributed by atoms with van der Waals surface area (Å²) in [6, 6.07) is 7.19. The molecule has 0 amide bonds. The Hall–Kier alpha value is -1.79. The highest BCUT2D eigenvalue weighted by Crippen LogP contribution is 2.16. The second-order valence-electron chi connectivity index (χ2n) is 5.27. The number of ether oxygens (including phenoxy) is 2. The van der Waals surface area contributed by atoms with Crippen molar-refractivity contribution < 1.29 is 14.7 Å². The molecule has 1 aromatic rings. The largest absolute Gasteiger partial charge is 0.492 e. The van der Waals surface area contributed by atoms with Crippen molar-refractivity contribution in [2.45, 2.75) is 6.42 Å². The third-order valence-electron chi connectivity index (χ3n) is 3.71. The quantitative estimate of drug-likeness (QED) is 0.341. The third kappa shape index (κ3) is 4.61. The zero-order chi connectivity index (χ0) is 15.1. The van der Waals surface area contributed by atoms with Crippen molar-refractivity contribution in [2.75, 3.05) is 40.0 Å². The molecule has 116 valence electrons. The predicted octanol–water partition coefficient (Wildman–Crippen LogP) is 1.13. The average Bonchev–Trinajstić information content (AvgIpc) is 2.95. The molecule has 1 unspecified atom stereocenters. The van der Waals surface area contributed by atoms with Crippen LogP contribution in [0.25, 0.3) is 0 Å². The van der Waals surface area contributed by atoms with Gasteiger partial charge in [0.1, 0.15) is 12.4 Å². The Kier molecular flexibility index (Phi) is 5.83. The summed E-state index contributed by atoms with van der Waals surface area (Å²) >= 11 is 0. The Morgan fingerprint density at radius 1 is 1.43 bits per heavy atom. The van der Waals surface area contributed by atoms with Crippen LogP contribution in [0.1, 0.15) is 12.0 Å². The van der Waals surface area contributed by atoms with Crippen LogP contribution in [0, 0.1) is 5.92 Å². The lowest BCUT2D eigenvalue weighted by Gasteiger charge is -2.16. The maximum absolute atomic E-state index is 8.60. The minimum absolute atomic E-state index is 0.0998. The van der Waals surface area contributed by atoms with Crippen LogP contribution in [0.2, 0.25) is 0 Å². The number of amidine groups is 1. The van der Waals surface area contributed by atoms with Crippen molar-refractivity contribution in [2.24, 2.45) is 16.8 Å². The number of methoxy groups -OCH3 is 1. The molecular weight excluding hydrogens is 270 g/mol. The molecule has 1 aromatic carbocycles. The first-order chi connectivity index (χ1) is 10.2. The van der Waals surface area contributed by atoms with E-state index in [2.05, 4.69) is 10.1 Å². The van der Waals surface area contributed by atoms with Gasteiger partial charge in [-0.05, 0) is 43.1 Å². The smallest absolute Gasteiger partial charge is 0.170 e. The van der Waals surface area contributed by atoms with E-state index in [1.807, 2.05) is 12.1 Å². The second kappa shape index (κ2) is 7.85. The number of hydrogen-bond acceptors (Lipinski definition) is 5. The van der Waals surface area contributed by atoms with Gasteiger partial charge in [-0.15, -0.1) is 0 Å². The molecule has 1 atom stereocenters. The standard InChI is InChI=1S/C15H23N3O3/c1-20-11-12-6-7-18(10-12)8-9-21-14-4-2-13(3-5-14)15(16)17-19/h2-5,12,19H,6-11H2,1H3,(H2,16,17). The Balaban J connectivity index is 1.72. The van der Waals surface area contributed by atoms with Crippen LogP contribution in [-0.4, -0.2) is 55.9 Å². The minimum Gasteiger partial charge on any atom is -0.492 e. The van der Waals surface area contributed by atoms with Crippen molar-refractivity contribution in [1.82, 2.24) is 4.90 Å². The van der Waals surface area contributed by atoms with E-state index in [4.69, 9.17) is 20.4 Å². The lowest BCUT2D eigenvalue weighted by molar-refractivity contribution is 0.150. The molecule has 0 spiro atoms. The lowest BCUT2D eigenvalue weighted by atomic mass is 10.1. The first kappa shape index (κ1) is 15.6. The van der Waals surface area contributed by atoms with Crippen molar-refractivity contribution in [3.63, 3.8) is 0 Å². The molecule has 1 aliphatic heterocycles. The molecule has 21 heavy (non-hydrogen) atoms. The van der Waals surface area contributed by atoms with Gasteiger partial charge in [-0.25, -0.2) is 0 Å². The van der Waals surface area contributed by atoms with Crippen LogP contribution in [-0.2, 0) is 4.74 Å². The number of benzene rings is 1. The van der Waals surface area contributed by atoms with Crippen molar-refractivity contribution in [1.29, 1.82) is 0 Å². The topological polar surface area (TPSA) is 80.3 Å². The number of nitrogens with zero attached hydrogens (tertiary/aromatic N) is 2. The van der Waals surface area contributed by atoms with Gasteiger partial charge in [0.05, 0.1) is 6.61 Å². The van der Waals surface area contributed by atoms with Gasteiger partial charge in [0, 0.05) is 25.8 Å². The van der Waals surface area contributed by atoms with Crippen molar-refractivity contribution in [3.8, 4) is 5.75 Å². The Morgan fingerprint density at radius 2 is 2.19 bits per heavy atom. The van der Waals surface area contributed by atoms with Crippen molar-refractivity contribution >= 4 is 5.84 Å². The van der Waals surface area contributed by atoms with Crippen molar-refractivity contribution in [3.05, 3.63) is 29.8 Å². The molecule has 1 heterocycles. The van der Waals surface area contributed by atoms with Gasteiger partial charge < -0.3 is 20.4 Å².